The van der Waals surface area contributed by atoms with Crippen LogP contribution in [0.4, 0.5) is 0 Å². The second-order valence-corrected chi connectivity index (χ2v) is 5.19. The van der Waals surface area contributed by atoms with Gasteiger partial charge in [-0.15, -0.1) is 0 Å². The number of carbonyl (C=O) groups is 1. The molecular formula is C15H15N3O3. The number of rotatable bonds is 3. The Morgan fingerprint density at radius 1 is 1.48 bits per heavy atom. The smallest absolute Gasteiger partial charge is 0.325 e. The van der Waals surface area contributed by atoms with Crippen LogP contribution in [0.25, 0.3) is 10.8 Å². The first-order valence-electron chi connectivity index (χ1n) is 6.53. The molecular weight excluding hydrogens is 270 g/mol. The molecule has 1 aromatic carbocycles. The Bertz CT molecular complexity index is 829. The van der Waals surface area contributed by atoms with Crippen molar-refractivity contribution in [2.75, 3.05) is 0 Å². The van der Waals surface area contributed by atoms with Gasteiger partial charge in [0.05, 0.1) is 16.6 Å². The average molecular weight is 285 g/mol. The van der Waals surface area contributed by atoms with Crippen molar-refractivity contribution in [1.82, 2.24) is 9.78 Å². The molecule has 0 atom stereocenters. The molecule has 0 fully saturated rings. The number of hydrogen-bond donors (Lipinski definition) is 1. The zero-order valence-electron chi connectivity index (χ0n) is 12.0. The monoisotopic (exact) mass is 285 g/mol. The van der Waals surface area contributed by atoms with Crippen LogP contribution in [0.2, 0.25) is 0 Å². The molecule has 0 amide bonds. The number of aliphatic carboxylic acids is 1. The lowest BCUT2D eigenvalue weighted by Crippen LogP contribution is -2.28. The highest BCUT2D eigenvalue weighted by Gasteiger charge is 2.18. The van der Waals surface area contributed by atoms with E-state index in [-0.39, 0.29) is 5.92 Å². The third-order valence-corrected chi connectivity index (χ3v) is 3.31. The number of fused-ring (bicyclic) bond motifs is 1. The summed E-state index contributed by atoms with van der Waals surface area (Å²) in [5.41, 5.74) is 1.26. The predicted molar refractivity (Wildman–Crippen MR) is 77.2 cm³/mol. The van der Waals surface area contributed by atoms with Crippen LogP contribution in [-0.4, -0.2) is 20.9 Å². The van der Waals surface area contributed by atoms with Gasteiger partial charge in [-0.1, -0.05) is 19.9 Å². The molecule has 21 heavy (non-hydrogen) atoms. The minimum atomic E-state index is -1.13. The molecule has 0 aliphatic carbocycles. The van der Waals surface area contributed by atoms with Gasteiger partial charge >= 0.3 is 5.97 Å². The second kappa shape index (κ2) is 5.37. The second-order valence-electron chi connectivity index (χ2n) is 5.19. The molecule has 0 aliphatic heterocycles. The first kappa shape index (κ1) is 14.7. The van der Waals surface area contributed by atoms with Crippen LogP contribution in [-0.2, 0) is 11.3 Å². The fourth-order valence-electron chi connectivity index (χ4n) is 2.30. The van der Waals surface area contributed by atoms with E-state index in [2.05, 4.69) is 11.2 Å². The van der Waals surface area contributed by atoms with Crippen molar-refractivity contribution in [3.05, 3.63) is 39.3 Å². The van der Waals surface area contributed by atoms with Gasteiger partial charge in [-0.3, -0.25) is 9.59 Å². The van der Waals surface area contributed by atoms with Crippen LogP contribution in [0, 0.1) is 18.3 Å². The minimum absolute atomic E-state index is 0.0398. The molecule has 2 aromatic rings. The topological polar surface area (TPSA) is 96.0 Å². The summed E-state index contributed by atoms with van der Waals surface area (Å²) in [7, 11) is 0. The summed E-state index contributed by atoms with van der Waals surface area (Å²) >= 11 is 0. The van der Waals surface area contributed by atoms with E-state index in [0.29, 0.717) is 22.0 Å². The number of nitrogens with zero attached hydrogens (tertiary/aromatic N) is 3. The summed E-state index contributed by atoms with van der Waals surface area (Å²) in [6.45, 7) is 5.08. The van der Waals surface area contributed by atoms with Crippen molar-refractivity contribution in [2.45, 2.75) is 33.2 Å². The van der Waals surface area contributed by atoms with Crippen LogP contribution in [0.5, 0.6) is 0 Å². The van der Waals surface area contributed by atoms with Crippen LogP contribution in [0.15, 0.2) is 16.9 Å². The van der Waals surface area contributed by atoms with Gasteiger partial charge < -0.3 is 5.11 Å². The zero-order chi connectivity index (χ0) is 15.7. The molecule has 0 saturated heterocycles. The van der Waals surface area contributed by atoms with Gasteiger partial charge in [0.2, 0.25) is 0 Å². The van der Waals surface area contributed by atoms with Crippen LogP contribution in [0.3, 0.4) is 0 Å². The molecule has 6 heteroatoms. The van der Waals surface area contributed by atoms with Crippen molar-refractivity contribution < 1.29 is 9.90 Å². The zero-order valence-corrected chi connectivity index (χ0v) is 12.0. The maximum absolute atomic E-state index is 12.3. The van der Waals surface area contributed by atoms with Gasteiger partial charge in [0.25, 0.3) is 5.56 Å². The number of nitriles is 1. The minimum Gasteiger partial charge on any atom is -0.480 e. The quantitative estimate of drug-likeness (QED) is 0.927. The van der Waals surface area contributed by atoms with Crippen molar-refractivity contribution in [1.29, 1.82) is 5.26 Å². The molecule has 1 aromatic heterocycles. The third-order valence-electron chi connectivity index (χ3n) is 3.31. The van der Waals surface area contributed by atoms with Crippen molar-refractivity contribution in [3.8, 4) is 6.07 Å². The number of benzene rings is 1. The molecule has 0 bridgehead atoms. The maximum atomic E-state index is 12.3. The van der Waals surface area contributed by atoms with Gasteiger partial charge in [-0.25, -0.2) is 4.68 Å². The van der Waals surface area contributed by atoms with E-state index < -0.39 is 18.1 Å². The van der Waals surface area contributed by atoms with Gasteiger partial charge in [-0.05, 0) is 24.5 Å². The molecule has 6 nitrogen and oxygen atoms in total. The van der Waals surface area contributed by atoms with E-state index in [0.717, 1.165) is 10.2 Å². The van der Waals surface area contributed by atoms with Gasteiger partial charge in [0.1, 0.15) is 12.6 Å². The van der Waals surface area contributed by atoms with E-state index in [9.17, 15) is 14.9 Å². The molecule has 108 valence electrons. The molecule has 0 unspecified atom stereocenters. The Morgan fingerprint density at radius 3 is 2.67 bits per heavy atom. The highest BCUT2D eigenvalue weighted by Crippen LogP contribution is 2.26. The summed E-state index contributed by atoms with van der Waals surface area (Å²) in [6, 6.07) is 5.43. The van der Waals surface area contributed by atoms with E-state index in [4.69, 9.17) is 5.11 Å². The number of hydrogen-bond acceptors (Lipinski definition) is 4. The Kier molecular flexibility index (Phi) is 3.76. The Labute approximate surface area is 121 Å². The Morgan fingerprint density at radius 2 is 2.14 bits per heavy atom. The number of carboxylic acid groups (broad SMARTS) is 1. The average Bonchev–Trinajstić information content (AvgIpc) is 2.40. The van der Waals surface area contributed by atoms with E-state index in [1.165, 1.54) is 0 Å². The summed E-state index contributed by atoms with van der Waals surface area (Å²) in [5, 5.41) is 23.3. The summed E-state index contributed by atoms with van der Waals surface area (Å²) in [5.74, 6) is -1.17. The molecule has 2 rings (SSSR count). The van der Waals surface area contributed by atoms with Crippen molar-refractivity contribution >= 4 is 16.7 Å². The Balaban J connectivity index is 2.97. The normalized spacial score (nSPS) is 10.8. The highest BCUT2D eigenvalue weighted by atomic mass is 16.4. The fraction of sp³-hybridized carbons (Fsp3) is 0.333. The third kappa shape index (κ3) is 2.50. The van der Waals surface area contributed by atoms with Gasteiger partial charge in [0, 0.05) is 5.39 Å². The van der Waals surface area contributed by atoms with Gasteiger partial charge in [-0.2, -0.15) is 10.4 Å². The fourth-order valence-corrected chi connectivity index (χ4v) is 2.30. The molecule has 1 N–H and O–H groups in total. The van der Waals surface area contributed by atoms with Crippen LogP contribution in [0.1, 0.15) is 36.6 Å². The van der Waals surface area contributed by atoms with Crippen LogP contribution >= 0.6 is 0 Å². The lowest BCUT2D eigenvalue weighted by Gasteiger charge is -2.14. The summed E-state index contributed by atoms with van der Waals surface area (Å²) in [4.78, 5) is 23.2. The van der Waals surface area contributed by atoms with Crippen molar-refractivity contribution in [2.24, 2.45) is 0 Å². The lowest BCUT2D eigenvalue weighted by atomic mass is 9.96. The molecule has 0 spiro atoms. The lowest BCUT2D eigenvalue weighted by molar-refractivity contribution is -0.138. The largest absolute Gasteiger partial charge is 0.480 e. The molecule has 0 saturated carbocycles. The first-order chi connectivity index (χ1) is 9.86. The standard InChI is InChI=1S/C15H15N3O3/c1-8(2)14-13-10(5-4-9(3)11(13)6-16)15(21)18(17-14)7-12(19)20/h4-5,8H,7H2,1-3H3,(H,19,20). The molecule has 0 radical (unpaired) electrons. The highest BCUT2D eigenvalue weighted by molar-refractivity contribution is 5.90. The number of aryl methyl sites for hydroxylation is 1. The van der Waals surface area contributed by atoms with E-state index in [1.807, 2.05) is 13.8 Å². The van der Waals surface area contributed by atoms with Crippen molar-refractivity contribution in [3.63, 3.8) is 0 Å². The molecule has 1 heterocycles. The predicted octanol–water partition coefficient (Wildman–Crippen LogP) is 1.78. The summed E-state index contributed by atoms with van der Waals surface area (Å²) in [6.07, 6.45) is 0. The number of carboxylic acids is 1. The Hall–Kier alpha value is -2.68. The SMILES string of the molecule is Cc1ccc2c(=O)n(CC(=O)O)nc(C(C)C)c2c1C#N. The van der Waals surface area contributed by atoms with E-state index in [1.54, 1.807) is 19.1 Å². The maximum Gasteiger partial charge on any atom is 0.325 e. The van der Waals surface area contributed by atoms with Crippen LogP contribution < -0.4 is 5.56 Å². The van der Waals surface area contributed by atoms with E-state index >= 15 is 0 Å². The summed E-state index contributed by atoms with van der Waals surface area (Å²) < 4.78 is 0.941. The van der Waals surface area contributed by atoms with Gasteiger partial charge in [0.15, 0.2) is 0 Å². The number of aromatic nitrogens is 2. The first-order valence-corrected chi connectivity index (χ1v) is 6.53. The molecule has 0 aliphatic rings.